The lowest BCUT2D eigenvalue weighted by molar-refractivity contribution is 0.304. The van der Waals surface area contributed by atoms with E-state index >= 15 is 0 Å². The number of ether oxygens (including phenoxy) is 1. The molecule has 0 amide bonds. The monoisotopic (exact) mass is 164 g/mol. The average Bonchev–Trinajstić information content (AvgIpc) is 2.05. The van der Waals surface area contributed by atoms with Gasteiger partial charge < -0.3 is 9.64 Å². The third kappa shape index (κ3) is 3.39. The van der Waals surface area contributed by atoms with Gasteiger partial charge in [0.2, 0.25) is 0 Å². The van der Waals surface area contributed by atoms with Crippen molar-refractivity contribution in [2.24, 2.45) is 0 Å². The molecule has 0 saturated carbocycles. The second-order valence-corrected chi connectivity index (χ2v) is 2.77. The minimum absolute atomic E-state index is 0.622. The molecule has 0 spiro atoms. The molecule has 1 radical (unpaired) electrons. The Bertz CT molecular complexity index is 208. The Morgan fingerprint density at radius 1 is 1.25 bits per heavy atom. The van der Waals surface area contributed by atoms with Gasteiger partial charge in [0.05, 0.1) is 6.54 Å². The smallest absolute Gasteiger partial charge is 0.119 e. The molecule has 1 rings (SSSR count). The highest BCUT2D eigenvalue weighted by Crippen LogP contribution is 2.07. The van der Waals surface area contributed by atoms with Crippen molar-refractivity contribution in [1.29, 1.82) is 0 Å². The van der Waals surface area contributed by atoms with Crippen LogP contribution in [-0.4, -0.2) is 25.6 Å². The Balaban J connectivity index is 2.25. The van der Waals surface area contributed by atoms with E-state index in [2.05, 4.69) is 0 Å². The van der Waals surface area contributed by atoms with Crippen molar-refractivity contribution in [3.8, 4) is 5.75 Å². The van der Waals surface area contributed by atoms with Gasteiger partial charge in [-0.05, 0) is 26.2 Å². The quantitative estimate of drug-likeness (QED) is 0.672. The Hall–Kier alpha value is -1.02. The first kappa shape index (κ1) is 9.07. The summed E-state index contributed by atoms with van der Waals surface area (Å²) in [4.78, 5) is 1.98. The first-order valence-corrected chi connectivity index (χ1v) is 3.96. The van der Waals surface area contributed by atoms with Crippen molar-refractivity contribution < 1.29 is 4.74 Å². The van der Waals surface area contributed by atoms with Gasteiger partial charge in [0.15, 0.2) is 0 Å². The molecule has 65 valence electrons. The van der Waals surface area contributed by atoms with E-state index in [0.717, 1.165) is 5.75 Å². The molecule has 0 aliphatic rings. The zero-order chi connectivity index (χ0) is 8.81. The number of nitrogens with zero attached hydrogens (tertiary/aromatic N) is 1. The van der Waals surface area contributed by atoms with Crippen molar-refractivity contribution in [2.75, 3.05) is 20.7 Å². The fourth-order valence-electron chi connectivity index (χ4n) is 0.799. The van der Waals surface area contributed by atoms with E-state index in [1.807, 2.05) is 55.9 Å². The maximum atomic E-state index is 5.42. The second kappa shape index (κ2) is 4.78. The van der Waals surface area contributed by atoms with Gasteiger partial charge >= 0.3 is 0 Å². The summed E-state index contributed by atoms with van der Waals surface area (Å²) in [7, 11) is 3.96. The van der Waals surface area contributed by atoms with Gasteiger partial charge in [0.1, 0.15) is 12.4 Å². The topological polar surface area (TPSA) is 12.5 Å². The lowest BCUT2D eigenvalue weighted by Gasteiger charge is -2.09. The summed E-state index contributed by atoms with van der Waals surface area (Å²) in [6, 6.07) is 9.80. The molecule has 1 aromatic carbocycles. The van der Waals surface area contributed by atoms with E-state index < -0.39 is 0 Å². The van der Waals surface area contributed by atoms with Crippen molar-refractivity contribution in [3.63, 3.8) is 0 Å². The summed E-state index contributed by atoms with van der Waals surface area (Å²) in [5.41, 5.74) is 0. The first-order valence-electron chi connectivity index (χ1n) is 3.96. The van der Waals surface area contributed by atoms with Gasteiger partial charge in [-0.25, -0.2) is 0 Å². The lowest BCUT2D eigenvalue weighted by Crippen LogP contribution is -2.13. The zero-order valence-electron chi connectivity index (χ0n) is 7.53. The summed E-state index contributed by atoms with van der Waals surface area (Å²) in [5, 5.41) is 0. The summed E-state index contributed by atoms with van der Waals surface area (Å²) in [6.45, 7) is 2.60. The zero-order valence-corrected chi connectivity index (χ0v) is 7.53. The van der Waals surface area contributed by atoms with Crippen LogP contribution < -0.4 is 4.74 Å². The van der Waals surface area contributed by atoms with Crippen LogP contribution in [0.15, 0.2) is 30.3 Å². The predicted octanol–water partition coefficient (Wildman–Crippen LogP) is 1.79. The number of hydrogen-bond acceptors (Lipinski definition) is 2. The van der Waals surface area contributed by atoms with Crippen molar-refractivity contribution >= 4 is 0 Å². The Morgan fingerprint density at radius 2 is 1.92 bits per heavy atom. The second-order valence-electron chi connectivity index (χ2n) is 2.77. The number of benzene rings is 1. The maximum Gasteiger partial charge on any atom is 0.119 e. The van der Waals surface area contributed by atoms with Gasteiger partial charge in [0, 0.05) is 0 Å². The molecule has 2 heteroatoms. The summed E-state index contributed by atoms with van der Waals surface area (Å²) in [5.74, 6) is 0.913. The molecule has 0 N–H and O–H groups in total. The molecule has 0 saturated heterocycles. The molecular formula is C10H14NO. The molecule has 0 aliphatic carbocycles. The van der Waals surface area contributed by atoms with Crippen LogP contribution in [0.5, 0.6) is 5.75 Å². The average molecular weight is 164 g/mol. The molecule has 0 atom stereocenters. The summed E-state index contributed by atoms with van der Waals surface area (Å²) >= 11 is 0. The molecule has 2 nitrogen and oxygen atoms in total. The number of likely N-dealkylation sites (N-methyl/N-ethyl adjacent to an activating group) is 1. The number of rotatable bonds is 4. The Labute approximate surface area is 73.8 Å². The van der Waals surface area contributed by atoms with Crippen LogP contribution in [0.2, 0.25) is 0 Å². The van der Waals surface area contributed by atoms with Crippen LogP contribution in [0, 0.1) is 6.54 Å². The fourth-order valence-corrected chi connectivity index (χ4v) is 0.799. The van der Waals surface area contributed by atoms with Crippen molar-refractivity contribution in [2.45, 2.75) is 0 Å². The highest BCUT2D eigenvalue weighted by molar-refractivity contribution is 5.20. The third-order valence-corrected chi connectivity index (χ3v) is 1.43. The predicted molar refractivity (Wildman–Crippen MR) is 49.9 cm³/mol. The minimum Gasteiger partial charge on any atom is -0.492 e. The molecule has 0 unspecified atom stereocenters. The van der Waals surface area contributed by atoms with Gasteiger partial charge in [-0.2, -0.15) is 0 Å². The minimum atomic E-state index is 0.622. The molecule has 0 bridgehead atoms. The van der Waals surface area contributed by atoms with Crippen LogP contribution in [0.3, 0.4) is 0 Å². The Morgan fingerprint density at radius 3 is 2.50 bits per heavy atom. The fraction of sp³-hybridized carbons (Fsp3) is 0.300. The third-order valence-electron chi connectivity index (χ3n) is 1.43. The molecule has 12 heavy (non-hydrogen) atoms. The molecular weight excluding hydrogens is 150 g/mol. The molecule has 0 heterocycles. The lowest BCUT2D eigenvalue weighted by atomic mass is 10.3. The van der Waals surface area contributed by atoms with E-state index in [9.17, 15) is 0 Å². The highest BCUT2D eigenvalue weighted by Gasteiger charge is 1.92. The van der Waals surface area contributed by atoms with Gasteiger partial charge in [-0.3, -0.25) is 0 Å². The van der Waals surface area contributed by atoms with Crippen LogP contribution in [0.4, 0.5) is 0 Å². The standard InChI is InChI=1S/C10H14NO/c1-11(2)8-9-12-10-6-4-3-5-7-10/h3-8H,9H2,1-2H3. The molecule has 0 aliphatic heterocycles. The first-order chi connectivity index (χ1) is 5.79. The van der Waals surface area contributed by atoms with Crippen molar-refractivity contribution in [3.05, 3.63) is 36.9 Å². The van der Waals surface area contributed by atoms with Gasteiger partial charge in [0.25, 0.3) is 0 Å². The van der Waals surface area contributed by atoms with E-state index in [-0.39, 0.29) is 0 Å². The molecule has 0 fully saturated rings. The largest absolute Gasteiger partial charge is 0.492 e. The molecule has 0 aromatic heterocycles. The summed E-state index contributed by atoms with van der Waals surface area (Å²) in [6.07, 6.45) is 0. The molecule has 1 aromatic rings. The Kier molecular flexibility index (Phi) is 3.61. The van der Waals surface area contributed by atoms with Gasteiger partial charge in [-0.15, -0.1) is 0 Å². The normalized spacial score (nSPS) is 10.2. The van der Waals surface area contributed by atoms with Gasteiger partial charge in [-0.1, -0.05) is 18.2 Å². The summed E-state index contributed by atoms with van der Waals surface area (Å²) < 4.78 is 5.42. The van der Waals surface area contributed by atoms with E-state index in [1.165, 1.54) is 0 Å². The maximum absolute atomic E-state index is 5.42. The van der Waals surface area contributed by atoms with Crippen LogP contribution in [0.25, 0.3) is 0 Å². The number of para-hydroxylation sites is 1. The SMILES string of the molecule is CN(C)[CH]COc1ccccc1. The van der Waals surface area contributed by atoms with Crippen LogP contribution in [0.1, 0.15) is 0 Å². The highest BCUT2D eigenvalue weighted by atomic mass is 16.5. The van der Waals surface area contributed by atoms with E-state index in [0.29, 0.717) is 6.61 Å². The van der Waals surface area contributed by atoms with Crippen LogP contribution >= 0.6 is 0 Å². The van der Waals surface area contributed by atoms with Crippen molar-refractivity contribution in [1.82, 2.24) is 4.90 Å². The number of hydrogen-bond donors (Lipinski definition) is 0. The van der Waals surface area contributed by atoms with E-state index in [1.54, 1.807) is 0 Å². The van der Waals surface area contributed by atoms with E-state index in [4.69, 9.17) is 4.74 Å². The van der Waals surface area contributed by atoms with Crippen LogP contribution in [-0.2, 0) is 0 Å².